The van der Waals surface area contributed by atoms with Crippen LogP contribution in [0.15, 0.2) is 0 Å². The zero-order valence-electron chi connectivity index (χ0n) is 21.7. The van der Waals surface area contributed by atoms with Crippen LogP contribution in [0.3, 0.4) is 0 Å². The maximum atomic E-state index is 11.9. The van der Waals surface area contributed by atoms with Gasteiger partial charge in [-0.15, -0.1) is 0 Å². The van der Waals surface area contributed by atoms with Crippen molar-refractivity contribution in [3.8, 4) is 0 Å². The van der Waals surface area contributed by atoms with Crippen LogP contribution in [-0.4, -0.2) is 28.8 Å². The summed E-state index contributed by atoms with van der Waals surface area (Å²) in [5.74, 6) is 4.65. The largest absolute Gasteiger partial charge is 0.472 e. The third kappa shape index (κ3) is 5.15. The smallest absolute Gasteiger partial charge is 0.393 e. The molecule has 2 unspecified atom stereocenters. The summed E-state index contributed by atoms with van der Waals surface area (Å²) < 4.78 is 22.1. The van der Waals surface area contributed by atoms with Gasteiger partial charge in [0, 0.05) is 0 Å². The molecule has 0 aromatic carbocycles. The molecular formula is C27H49O5P. The third-order valence-electron chi connectivity index (χ3n) is 10.8. The molecule has 10 atom stereocenters. The fraction of sp³-hybridized carbons (Fsp3) is 1.00. The lowest BCUT2D eigenvalue weighted by molar-refractivity contribution is -0.129. The highest BCUT2D eigenvalue weighted by Crippen LogP contribution is 2.68. The molecule has 0 aromatic rings. The van der Waals surface area contributed by atoms with Gasteiger partial charge in [-0.2, -0.15) is 0 Å². The fourth-order valence-corrected chi connectivity index (χ4v) is 10.2. The van der Waals surface area contributed by atoms with Gasteiger partial charge in [0.25, 0.3) is 0 Å². The normalized spacial score (nSPS) is 45.7. The number of fused-ring (bicyclic) bond motifs is 5. The molecule has 5 nitrogen and oxygen atoms in total. The van der Waals surface area contributed by atoms with Crippen molar-refractivity contribution in [1.29, 1.82) is 0 Å². The van der Waals surface area contributed by atoms with E-state index in [0.717, 1.165) is 55.3 Å². The summed E-state index contributed by atoms with van der Waals surface area (Å²) in [5, 5.41) is 10.3. The lowest BCUT2D eigenvalue weighted by atomic mass is 9.44. The summed E-state index contributed by atoms with van der Waals surface area (Å²) in [5.41, 5.74) is 0.882. The van der Waals surface area contributed by atoms with Crippen LogP contribution in [0.5, 0.6) is 0 Å². The summed E-state index contributed by atoms with van der Waals surface area (Å²) in [6.45, 7) is 11.3. The molecule has 4 aliphatic carbocycles. The first-order valence-electron chi connectivity index (χ1n) is 13.8. The molecule has 0 amide bonds. The molecular weight excluding hydrogens is 435 g/mol. The second-order valence-electron chi connectivity index (χ2n) is 12.9. The Bertz CT molecular complexity index is 727. The number of hydrogen-bond acceptors (Lipinski definition) is 4. The lowest BCUT2D eigenvalue weighted by Crippen LogP contribution is -2.54. The first-order chi connectivity index (χ1) is 15.5. The molecule has 0 radical (unpaired) electrons. The van der Waals surface area contributed by atoms with Gasteiger partial charge in [0.1, 0.15) is 0 Å². The summed E-state index contributed by atoms with van der Waals surface area (Å²) in [6, 6.07) is 0. The Morgan fingerprint density at radius 3 is 2.39 bits per heavy atom. The summed E-state index contributed by atoms with van der Waals surface area (Å²) in [6.07, 6.45) is 12.8. The maximum absolute atomic E-state index is 11.9. The zero-order chi connectivity index (χ0) is 24.0. The molecule has 0 bridgehead atoms. The first kappa shape index (κ1) is 26.1. The molecule has 4 saturated carbocycles. The van der Waals surface area contributed by atoms with Gasteiger partial charge in [0.05, 0.1) is 18.8 Å². The van der Waals surface area contributed by atoms with Crippen molar-refractivity contribution in [3.05, 3.63) is 0 Å². The second kappa shape index (κ2) is 9.85. The Kier molecular flexibility index (Phi) is 7.80. The first-order valence-corrected chi connectivity index (χ1v) is 15.3. The summed E-state index contributed by atoms with van der Waals surface area (Å²) in [7, 11) is -3.93. The van der Waals surface area contributed by atoms with E-state index in [9.17, 15) is 14.6 Å². The molecule has 0 aromatic heterocycles. The number of phosphoric ester groups is 1. The molecule has 192 valence electrons. The van der Waals surface area contributed by atoms with Gasteiger partial charge in [-0.3, -0.25) is 9.05 Å². The molecule has 4 aliphatic rings. The Balaban J connectivity index is 1.34. The summed E-state index contributed by atoms with van der Waals surface area (Å²) >= 11 is 0. The van der Waals surface area contributed by atoms with Crippen LogP contribution < -0.4 is 0 Å². The Hall–Kier alpha value is 0.0700. The van der Waals surface area contributed by atoms with Crippen LogP contribution in [0.1, 0.15) is 105 Å². The van der Waals surface area contributed by atoms with E-state index in [2.05, 4.69) is 20.8 Å². The molecule has 2 N–H and O–H groups in total. The topological polar surface area (TPSA) is 76.0 Å². The van der Waals surface area contributed by atoms with E-state index in [1.165, 1.54) is 44.9 Å². The summed E-state index contributed by atoms with van der Waals surface area (Å²) in [4.78, 5) is 9.78. The van der Waals surface area contributed by atoms with Crippen molar-refractivity contribution >= 4 is 7.82 Å². The predicted molar refractivity (Wildman–Crippen MR) is 132 cm³/mol. The van der Waals surface area contributed by atoms with Crippen LogP contribution in [0, 0.1) is 46.3 Å². The van der Waals surface area contributed by atoms with Gasteiger partial charge in [0.2, 0.25) is 0 Å². The van der Waals surface area contributed by atoms with E-state index in [1.54, 1.807) is 13.8 Å². The number of aliphatic hydroxyl groups excluding tert-OH is 1. The molecule has 0 saturated heterocycles. The Morgan fingerprint density at radius 1 is 0.970 bits per heavy atom. The standard InChI is InChI=1S/C27H49O5P/c1-18(2)32-33(29,30)31-16-6-7-19(3)23-10-11-24-22-9-8-20-17-21(28)12-14-26(20,4)25(22)13-15-27(23,24)5/h18-25,28H,6-17H2,1-5H3,(H,29,30)/t19-,20?,21-,22+,23-,24+,25+,26+,27-/m1/s1. The minimum atomic E-state index is -3.93. The van der Waals surface area contributed by atoms with Gasteiger partial charge in [0.15, 0.2) is 0 Å². The van der Waals surface area contributed by atoms with Crippen LogP contribution >= 0.6 is 7.82 Å². The Morgan fingerprint density at radius 2 is 1.67 bits per heavy atom. The van der Waals surface area contributed by atoms with E-state index in [-0.39, 0.29) is 18.8 Å². The van der Waals surface area contributed by atoms with Crippen molar-refractivity contribution < 1.29 is 23.6 Å². The van der Waals surface area contributed by atoms with E-state index in [4.69, 9.17) is 9.05 Å². The second-order valence-corrected chi connectivity index (χ2v) is 14.3. The van der Waals surface area contributed by atoms with Gasteiger partial charge in [-0.25, -0.2) is 4.57 Å². The number of hydrogen-bond donors (Lipinski definition) is 2. The van der Waals surface area contributed by atoms with Crippen LogP contribution in [0.2, 0.25) is 0 Å². The van der Waals surface area contributed by atoms with Gasteiger partial charge >= 0.3 is 7.82 Å². The van der Waals surface area contributed by atoms with E-state index >= 15 is 0 Å². The lowest BCUT2D eigenvalue weighted by Gasteiger charge is -2.61. The van der Waals surface area contributed by atoms with E-state index in [1.807, 2.05) is 0 Å². The average Bonchev–Trinajstić information content (AvgIpc) is 3.08. The third-order valence-corrected chi connectivity index (χ3v) is 12.0. The van der Waals surface area contributed by atoms with Crippen molar-refractivity contribution in [3.63, 3.8) is 0 Å². The highest BCUT2D eigenvalue weighted by molar-refractivity contribution is 7.47. The number of aliphatic hydroxyl groups is 1. The van der Waals surface area contributed by atoms with Gasteiger partial charge in [-0.05, 0) is 131 Å². The molecule has 0 heterocycles. The molecule has 4 rings (SSSR count). The van der Waals surface area contributed by atoms with E-state index in [0.29, 0.717) is 16.7 Å². The minimum absolute atomic E-state index is 0.0640. The van der Waals surface area contributed by atoms with Crippen molar-refractivity contribution in [2.24, 2.45) is 46.3 Å². The van der Waals surface area contributed by atoms with Gasteiger partial charge < -0.3 is 10.00 Å². The highest BCUT2D eigenvalue weighted by Gasteiger charge is 2.60. The van der Waals surface area contributed by atoms with Crippen molar-refractivity contribution in [2.75, 3.05) is 6.61 Å². The van der Waals surface area contributed by atoms with Crippen molar-refractivity contribution in [2.45, 2.75) is 117 Å². The highest BCUT2D eigenvalue weighted by atomic mass is 31.2. The molecule has 0 spiro atoms. The van der Waals surface area contributed by atoms with Crippen LogP contribution in [0.25, 0.3) is 0 Å². The zero-order valence-corrected chi connectivity index (χ0v) is 22.6. The fourth-order valence-electron chi connectivity index (χ4n) is 9.29. The Labute approximate surface area is 202 Å². The van der Waals surface area contributed by atoms with Crippen LogP contribution in [-0.2, 0) is 13.6 Å². The van der Waals surface area contributed by atoms with Crippen molar-refractivity contribution in [1.82, 2.24) is 0 Å². The van der Waals surface area contributed by atoms with E-state index < -0.39 is 7.82 Å². The maximum Gasteiger partial charge on any atom is 0.472 e. The predicted octanol–water partition coefficient (Wildman–Crippen LogP) is 6.96. The quantitative estimate of drug-likeness (QED) is 0.288. The van der Waals surface area contributed by atoms with Gasteiger partial charge in [-0.1, -0.05) is 20.8 Å². The molecule has 0 aliphatic heterocycles. The molecule has 6 heteroatoms. The SMILES string of the molecule is CC(C)OP(=O)(O)OCCC[C@@H](C)[C@H]1CC[C@H]2[C@@H]3CCC4C[C@H](O)CC[C@]4(C)[C@H]3CC[C@]12C. The minimum Gasteiger partial charge on any atom is -0.393 e. The number of rotatable bonds is 8. The average molecular weight is 485 g/mol. The molecule has 4 fully saturated rings. The number of phosphoric acid groups is 1. The molecule has 33 heavy (non-hydrogen) atoms. The van der Waals surface area contributed by atoms with Crippen LogP contribution in [0.4, 0.5) is 0 Å². The monoisotopic (exact) mass is 484 g/mol.